The average Bonchev–Trinajstić information content (AvgIpc) is 2.23. The lowest BCUT2D eigenvalue weighted by Gasteiger charge is -2.18. The molecule has 2 nitrogen and oxygen atoms in total. The predicted octanol–water partition coefficient (Wildman–Crippen LogP) is 3.16. The van der Waals surface area contributed by atoms with Crippen molar-refractivity contribution in [2.24, 2.45) is 0 Å². The van der Waals surface area contributed by atoms with Crippen LogP contribution in [0.3, 0.4) is 0 Å². The predicted molar refractivity (Wildman–Crippen MR) is 64.3 cm³/mol. The van der Waals surface area contributed by atoms with E-state index in [-0.39, 0.29) is 17.2 Å². The zero-order valence-electron chi connectivity index (χ0n) is 9.76. The van der Waals surface area contributed by atoms with Gasteiger partial charge in [0.05, 0.1) is 23.8 Å². The molecule has 0 aliphatic heterocycles. The van der Waals surface area contributed by atoms with Crippen molar-refractivity contribution in [3.05, 3.63) is 34.6 Å². The van der Waals surface area contributed by atoms with Crippen LogP contribution in [0.1, 0.15) is 25.5 Å². The monoisotopic (exact) mass is 245 g/mol. The van der Waals surface area contributed by atoms with Crippen LogP contribution in [-0.4, -0.2) is 19.8 Å². The van der Waals surface area contributed by atoms with Crippen LogP contribution in [0.15, 0.2) is 18.2 Å². The normalized spacial score (nSPS) is 13.1. The van der Waals surface area contributed by atoms with E-state index in [0.29, 0.717) is 6.61 Å². The van der Waals surface area contributed by atoms with Gasteiger partial charge < -0.3 is 10.1 Å². The van der Waals surface area contributed by atoms with Gasteiger partial charge >= 0.3 is 0 Å². The quantitative estimate of drug-likeness (QED) is 0.861. The lowest BCUT2D eigenvalue weighted by atomic mass is 10.1. The number of ether oxygens (including phenoxy) is 1. The molecule has 0 bridgehead atoms. The number of rotatable bonds is 5. The maximum Gasteiger partial charge on any atom is 0.141 e. The minimum absolute atomic E-state index is 0.0282. The first kappa shape index (κ1) is 13.4. The molecule has 1 atom stereocenters. The van der Waals surface area contributed by atoms with E-state index in [1.165, 1.54) is 6.07 Å². The number of benzene rings is 1. The van der Waals surface area contributed by atoms with Crippen molar-refractivity contribution in [2.75, 3.05) is 13.7 Å². The molecule has 0 aliphatic carbocycles. The first-order valence-corrected chi connectivity index (χ1v) is 5.66. The SMILES string of the molecule is CNC(COC(C)C)c1ccc(F)c(Cl)c1. The van der Waals surface area contributed by atoms with Crippen LogP contribution in [0.4, 0.5) is 4.39 Å². The van der Waals surface area contributed by atoms with Crippen molar-refractivity contribution < 1.29 is 9.13 Å². The Kier molecular flexibility index (Phi) is 5.19. The molecule has 4 heteroatoms. The molecule has 90 valence electrons. The molecule has 16 heavy (non-hydrogen) atoms. The Labute approximate surface area is 101 Å². The van der Waals surface area contributed by atoms with Gasteiger partial charge in [0.25, 0.3) is 0 Å². The molecule has 0 saturated carbocycles. The summed E-state index contributed by atoms with van der Waals surface area (Å²) in [6.07, 6.45) is 0.173. The Balaban J connectivity index is 2.74. The van der Waals surface area contributed by atoms with Gasteiger partial charge in [-0.3, -0.25) is 0 Å². The minimum atomic E-state index is -0.398. The van der Waals surface area contributed by atoms with Gasteiger partial charge in [0.2, 0.25) is 0 Å². The fourth-order valence-corrected chi connectivity index (χ4v) is 1.55. The fraction of sp³-hybridized carbons (Fsp3) is 0.500. The van der Waals surface area contributed by atoms with E-state index in [1.807, 2.05) is 20.9 Å². The van der Waals surface area contributed by atoms with Gasteiger partial charge in [-0.25, -0.2) is 4.39 Å². The number of nitrogens with one attached hydrogen (secondary N) is 1. The Hall–Kier alpha value is -0.640. The standard InChI is InChI=1S/C12H17ClFNO/c1-8(2)16-7-12(15-3)9-4-5-11(14)10(13)6-9/h4-6,8,12,15H,7H2,1-3H3. The summed E-state index contributed by atoms with van der Waals surface area (Å²) in [5, 5.41) is 3.26. The van der Waals surface area contributed by atoms with Crippen molar-refractivity contribution in [1.29, 1.82) is 0 Å². The van der Waals surface area contributed by atoms with Gasteiger partial charge in [0.1, 0.15) is 5.82 Å². The van der Waals surface area contributed by atoms with E-state index in [9.17, 15) is 4.39 Å². The second-order valence-electron chi connectivity index (χ2n) is 3.90. The molecular formula is C12H17ClFNO. The van der Waals surface area contributed by atoms with Gasteiger partial charge in [0, 0.05) is 0 Å². The van der Waals surface area contributed by atoms with E-state index in [1.54, 1.807) is 12.1 Å². The van der Waals surface area contributed by atoms with Crippen LogP contribution in [0.2, 0.25) is 5.02 Å². The largest absolute Gasteiger partial charge is 0.377 e. The summed E-state index contributed by atoms with van der Waals surface area (Å²) in [6.45, 7) is 4.49. The Morgan fingerprint density at radius 2 is 2.12 bits per heavy atom. The molecule has 1 aromatic carbocycles. The number of hydrogen-bond acceptors (Lipinski definition) is 2. The summed E-state index contributed by atoms with van der Waals surface area (Å²) in [4.78, 5) is 0. The second kappa shape index (κ2) is 6.18. The highest BCUT2D eigenvalue weighted by Crippen LogP contribution is 2.21. The van der Waals surface area contributed by atoms with E-state index in [0.717, 1.165) is 5.56 Å². The molecule has 0 saturated heterocycles. The van der Waals surface area contributed by atoms with Crippen molar-refractivity contribution in [3.8, 4) is 0 Å². The van der Waals surface area contributed by atoms with Crippen LogP contribution in [0, 0.1) is 5.82 Å². The van der Waals surface area contributed by atoms with E-state index >= 15 is 0 Å². The summed E-state index contributed by atoms with van der Waals surface area (Å²) in [7, 11) is 1.84. The van der Waals surface area contributed by atoms with Gasteiger partial charge in [-0.15, -0.1) is 0 Å². The summed E-state index contributed by atoms with van der Waals surface area (Å²) < 4.78 is 18.5. The fourth-order valence-electron chi connectivity index (χ4n) is 1.36. The maximum absolute atomic E-state index is 13.0. The van der Waals surface area contributed by atoms with Gasteiger partial charge in [-0.1, -0.05) is 17.7 Å². The Morgan fingerprint density at radius 3 is 2.62 bits per heavy atom. The molecule has 1 aromatic rings. The number of halogens is 2. The number of hydrogen-bond donors (Lipinski definition) is 1. The third-order valence-corrected chi connectivity index (χ3v) is 2.58. The average molecular weight is 246 g/mol. The summed E-state index contributed by atoms with van der Waals surface area (Å²) in [6, 6.07) is 4.74. The minimum Gasteiger partial charge on any atom is -0.377 e. The molecule has 0 amide bonds. The van der Waals surface area contributed by atoms with Crippen LogP contribution in [0.25, 0.3) is 0 Å². The van der Waals surface area contributed by atoms with Crippen molar-refractivity contribution in [3.63, 3.8) is 0 Å². The molecular weight excluding hydrogens is 229 g/mol. The Morgan fingerprint density at radius 1 is 1.44 bits per heavy atom. The van der Waals surface area contributed by atoms with Crippen LogP contribution in [0.5, 0.6) is 0 Å². The lowest BCUT2D eigenvalue weighted by Crippen LogP contribution is -2.23. The molecule has 0 radical (unpaired) electrons. The molecule has 0 heterocycles. The Bertz CT molecular complexity index is 344. The van der Waals surface area contributed by atoms with E-state index < -0.39 is 5.82 Å². The third-order valence-electron chi connectivity index (χ3n) is 2.29. The highest BCUT2D eigenvalue weighted by atomic mass is 35.5. The summed E-state index contributed by atoms with van der Waals surface area (Å²) in [5.74, 6) is -0.398. The zero-order chi connectivity index (χ0) is 12.1. The maximum atomic E-state index is 13.0. The smallest absolute Gasteiger partial charge is 0.141 e. The second-order valence-corrected chi connectivity index (χ2v) is 4.30. The number of likely N-dealkylation sites (N-methyl/N-ethyl adjacent to an activating group) is 1. The lowest BCUT2D eigenvalue weighted by molar-refractivity contribution is 0.0626. The van der Waals surface area contributed by atoms with Crippen molar-refractivity contribution in [2.45, 2.75) is 26.0 Å². The van der Waals surface area contributed by atoms with E-state index in [4.69, 9.17) is 16.3 Å². The molecule has 0 aliphatic rings. The highest BCUT2D eigenvalue weighted by Gasteiger charge is 2.12. The molecule has 1 N–H and O–H groups in total. The first-order valence-electron chi connectivity index (χ1n) is 5.28. The van der Waals surface area contributed by atoms with Crippen LogP contribution in [-0.2, 0) is 4.74 Å². The highest BCUT2D eigenvalue weighted by molar-refractivity contribution is 6.30. The van der Waals surface area contributed by atoms with Crippen molar-refractivity contribution in [1.82, 2.24) is 5.32 Å². The summed E-state index contributed by atoms with van der Waals surface area (Å²) >= 11 is 5.73. The molecule has 0 spiro atoms. The van der Waals surface area contributed by atoms with E-state index in [2.05, 4.69) is 5.32 Å². The zero-order valence-corrected chi connectivity index (χ0v) is 10.5. The summed E-state index contributed by atoms with van der Waals surface area (Å²) in [5.41, 5.74) is 0.926. The molecule has 0 fully saturated rings. The van der Waals surface area contributed by atoms with Crippen molar-refractivity contribution >= 4 is 11.6 Å². The first-order chi connectivity index (χ1) is 7.54. The molecule has 1 unspecified atom stereocenters. The third kappa shape index (κ3) is 3.74. The molecule has 1 rings (SSSR count). The van der Waals surface area contributed by atoms with Gasteiger partial charge in [0.15, 0.2) is 0 Å². The van der Waals surface area contributed by atoms with Gasteiger partial charge in [-0.2, -0.15) is 0 Å². The van der Waals surface area contributed by atoms with Gasteiger partial charge in [-0.05, 0) is 38.6 Å². The topological polar surface area (TPSA) is 21.3 Å². The molecule has 0 aromatic heterocycles. The van der Waals surface area contributed by atoms with Crippen LogP contribution >= 0.6 is 11.6 Å². The van der Waals surface area contributed by atoms with Crippen LogP contribution < -0.4 is 5.32 Å².